The third kappa shape index (κ3) is 1.07. The Hall–Kier alpha value is -1.39. The van der Waals surface area contributed by atoms with Crippen molar-refractivity contribution in [1.29, 1.82) is 0 Å². The first-order chi connectivity index (χ1) is 5.77. The second kappa shape index (κ2) is 2.58. The van der Waals surface area contributed by atoms with Gasteiger partial charge in [-0.1, -0.05) is 0 Å². The van der Waals surface area contributed by atoms with Gasteiger partial charge in [-0.05, 0) is 0 Å². The first-order valence-electron chi connectivity index (χ1n) is 3.82. The van der Waals surface area contributed by atoms with Crippen LogP contribution in [0.4, 0.5) is 0 Å². The van der Waals surface area contributed by atoms with Gasteiger partial charge in [0.2, 0.25) is 11.8 Å². The maximum atomic E-state index is 5.29. The Morgan fingerprint density at radius 1 is 1.58 bits per heavy atom. The summed E-state index contributed by atoms with van der Waals surface area (Å²) in [4.78, 5) is 0. The zero-order valence-corrected chi connectivity index (χ0v) is 7.06. The average molecular weight is 166 g/mol. The van der Waals surface area contributed by atoms with Crippen LogP contribution in [0, 0.1) is 6.92 Å². The van der Waals surface area contributed by atoms with E-state index in [9.17, 15) is 0 Å². The molecular weight excluding hydrogens is 156 g/mol. The zero-order chi connectivity index (χ0) is 8.55. The maximum absolute atomic E-state index is 5.29. The fourth-order valence-corrected chi connectivity index (χ4v) is 1.22. The Labute approximate surface area is 70.1 Å². The Balaban J connectivity index is 2.21. The van der Waals surface area contributed by atoms with E-state index in [1.807, 2.05) is 18.3 Å². The van der Waals surface area contributed by atoms with E-state index >= 15 is 0 Å². The molecule has 0 saturated heterocycles. The number of aromatic nitrogens is 2. The van der Waals surface area contributed by atoms with E-state index < -0.39 is 0 Å². The number of hydrazone groups is 1. The van der Waals surface area contributed by atoms with Gasteiger partial charge in [-0.2, -0.15) is 5.10 Å². The highest BCUT2D eigenvalue weighted by atomic mass is 16.4. The SMILES string of the molecule is Cc1nnc(C2CC=NN2C)o1. The highest BCUT2D eigenvalue weighted by Gasteiger charge is 2.24. The molecule has 1 atom stereocenters. The molecule has 0 fully saturated rings. The molecule has 0 aromatic carbocycles. The van der Waals surface area contributed by atoms with Gasteiger partial charge in [0.25, 0.3) is 0 Å². The van der Waals surface area contributed by atoms with E-state index in [2.05, 4.69) is 15.3 Å². The van der Waals surface area contributed by atoms with Crippen molar-refractivity contribution in [3.05, 3.63) is 11.8 Å². The van der Waals surface area contributed by atoms with Gasteiger partial charge in [0.15, 0.2) is 0 Å². The lowest BCUT2D eigenvalue weighted by atomic mass is 10.2. The van der Waals surface area contributed by atoms with E-state index in [0.717, 1.165) is 6.42 Å². The zero-order valence-electron chi connectivity index (χ0n) is 7.06. The number of nitrogens with zero attached hydrogens (tertiary/aromatic N) is 4. The molecule has 1 aliphatic rings. The molecule has 0 aliphatic carbocycles. The lowest BCUT2D eigenvalue weighted by molar-refractivity contribution is 0.243. The molecule has 1 aromatic rings. The minimum absolute atomic E-state index is 0.131. The van der Waals surface area contributed by atoms with Gasteiger partial charge in [-0.25, -0.2) is 0 Å². The van der Waals surface area contributed by atoms with Crippen LogP contribution >= 0.6 is 0 Å². The van der Waals surface area contributed by atoms with Crippen molar-refractivity contribution in [3.8, 4) is 0 Å². The van der Waals surface area contributed by atoms with Gasteiger partial charge in [0.05, 0.1) is 0 Å². The maximum Gasteiger partial charge on any atom is 0.240 e. The van der Waals surface area contributed by atoms with Crippen LogP contribution in [0.5, 0.6) is 0 Å². The third-order valence-electron chi connectivity index (χ3n) is 1.87. The summed E-state index contributed by atoms with van der Waals surface area (Å²) in [7, 11) is 1.90. The molecule has 0 spiro atoms. The van der Waals surface area contributed by atoms with Crippen LogP contribution in [0.1, 0.15) is 24.2 Å². The van der Waals surface area contributed by atoms with Gasteiger partial charge in [0.1, 0.15) is 6.04 Å². The molecule has 64 valence electrons. The van der Waals surface area contributed by atoms with Crippen LogP contribution in [-0.2, 0) is 0 Å². The Bertz CT molecular complexity index is 306. The molecule has 5 nitrogen and oxygen atoms in total. The highest BCUT2D eigenvalue weighted by molar-refractivity contribution is 5.59. The molecule has 0 radical (unpaired) electrons. The third-order valence-corrected chi connectivity index (χ3v) is 1.87. The molecule has 5 heteroatoms. The molecular formula is C7H10N4O. The molecule has 0 N–H and O–H groups in total. The normalized spacial score (nSPS) is 22.2. The molecule has 0 amide bonds. The highest BCUT2D eigenvalue weighted by Crippen LogP contribution is 2.24. The number of hydrogen-bond acceptors (Lipinski definition) is 5. The van der Waals surface area contributed by atoms with Crippen LogP contribution < -0.4 is 0 Å². The summed E-state index contributed by atoms with van der Waals surface area (Å²) in [5.74, 6) is 1.25. The van der Waals surface area contributed by atoms with Crippen molar-refractivity contribution in [2.75, 3.05) is 7.05 Å². The predicted molar refractivity (Wildman–Crippen MR) is 42.6 cm³/mol. The van der Waals surface area contributed by atoms with Crippen LogP contribution in [0.15, 0.2) is 9.52 Å². The smallest absolute Gasteiger partial charge is 0.240 e. The van der Waals surface area contributed by atoms with Crippen LogP contribution in [-0.4, -0.2) is 28.5 Å². The topological polar surface area (TPSA) is 54.5 Å². The van der Waals surface area contributed by atoms with Crippen molar-refractivity contribution in [2.24, 2.45) is 5.10 Å². The minimum atomic E-state index is 0.131. The summed E-state index contributed by atoms with van der Waals surface area (Å²) < 4.78 is 5.29. The largest absolute Gasteiger partial charge is 0.423 e. The first-order valence-corrected chi connectivity index (χ1v) is 3.82. The first kappa shape index (κ1) is 7.27. The standard InChI is InChI=1S/C7H10N4O/c1-5-9-10-7(12-5)6-3-4-8-11(6)2/h4,6H,3H2,1-2H3. The Kier molecular flexibility index (Phi) is 1.56. The summed E-state index contributed by atoms with van der Waals surface area (Å²) in [6.45, 7) is 1.78. The summed E-state index contributed by atoms with van der Waals surface area (Å²) in [5.41, 5.74) is 0. The number of hydrogen-bond donors (Lipinski definition) is 0. The molecule has 0 saturated carbocycles. The van der Waals surface area contributed by atoms with E-state index in [1.54, 1.807) is 6.92 Å². The molecule has 1 aliphatic heterocycles. The summed E-state index contributed by atoms with van der Waals surface area (Å²) in [6, 6.07) is 0.131. The summed E-state index contributed by atoms with van der Waals surface area (Å²) in [6.07, 6.45) is 2.70. The average Bonchev–Trinajstić information content (AvgIpc) is 2.58. The molecule has 2 rings (SSSR count). The van der Waals surface area contributed by atoms with Crippen LogP contribution in [0.2, 0.25) is 0 Å². The second-order valence-electron chi connectivity index (χ2n) is 2.78. The summed E-state index contributed by atoms with van der Waals surface area (Å²) in [5, 5.41) is 13.6. The monoisotopic (exact) mass is 166 g/mol. The molecule has 1 unspecified atom stereocenters. The predicted octanol–water partition coefficient (Wildman–Crippen LogP) is 0.740. The summed E-state index contributed by atoms with van der Waals surface area (Å²) >= 11 is 0. The van der Waals surface area contributed by atoms with Gasteiger partial charge in [-0.3, -0.25) is 5.01 Å². The lowest BCUT2D eigenvalue weighted by Crippen LogP contribution is -2.14. The van der Waals surface area contributed by atoms with Gasteiger partial charge < -0.3 is 4.42 Å². The van der Waals surface area contributed by atoms with Crippen LogP contribution in [0.25, 0.3) is 0 Å². The minimum Gasteiger partial charge on any atom is -0.423 e. The van der Waals surface area contributed by atoms with Crippen molar-refractivity contribution in [3.63, 3.8) is 0 Å². The van der Waals surface area contributed by atoms with Gasteiger partial charge in [-0.15, -0.1) is 10.2 Å². The van der Waals surface area contributed by atoms with Crippen molar-refractivity contribution in [1.82, 2.24) is 15.2 Å². The van der Waals surface area contributed by atoms with E-state index in [-0.39, 0.29) is 6.04 Å². The Morgan fingerprint density at radius 2 is 2.42 bits per heavy atom. The fourth-order valence-electron chi connectivity index (χ4n) is 1.22. The quantitative estimate of drug-likeness (QED) is 0.617. The number of aryl methyl sites for hydroxylation is 1. The lowest BCUT2D eigenvalue weighted by Gasteiger charge is -2.13. The van der Waals surface area contributed by atoms with Gasteiger partial charge in [0, 0.05) is 26.6 Å². The van der Waals surface area contributed by atoms with Gasteiger partial charge >= 0.3 is 0 Å². The molecule has 1 aromatic heterocycles. The van der Waals surface area contributed by atoms with Crippen LogP contribution in [0.3, 0.4) is 0 Å². The van der Waals surface area contributed by atoms with E-state index in [4.69, 9.17) is 4.42 Å². The molecule has 2 heterocycles. The van der Waals surface area contributed by atoms with E-state index in [1.165, 1.54) is 0 Å². The molecule has 0 bridgehead atoms. The fraction of sp³-hybridized carbons (Fsp3) is 0.571. The number of rotatable bonds is 1. The van der Waals surface area contributed by atoms with E-state index in [0.29, 0.717) is 11.8 Å². The van der Waals surface area contributed by atoms with Crippen molar-refractivity contribution < 1.29 is 4.42 Å². The second-order valence-corrected chi connectivity index (χ2v) is 2.78. The van der Waals surface area contributed by atoms with Crippen molar-refractivity contribution in [2.45, 2.75) is 19.4 Å². The Morgan fingerprint density at radius 3 is 2.92 bits per heavy atom. The molecule has 12 heavy (non-hydrogen) atoms. The van der Waals surface area contributed by atoms with Crippen molar-refractivity contribution >= 4 is 6.21 Å².